The minimum atomic E-state index is -1.07. The minimum absolute atomic E-state index is 0.0431. The number of carbonyl (C=O) groups is 2. The molecule has 2 aliphatic rings. The van der Waals surface area contributed by atoms with Crippen molar-refractivity contribution in [2.75, 3.05) is 26.2 Å². The lowest BCUT2D eigenvalue weighted by molar-refractivity contribution is -0.141. The number of hydrogen-bond acceptors (Lipinski definition) is 4. The van der Waals surface area contributed by atoms with Crippen LogP contribution in [0.15, 0.2) is 0 Å². The van der Waals surface area contributed by atoms with Crippen LogP contribution in [-0.2, 0) is 9.53 Å². The first kappa shape index (κ1) is 13.1. The quantitative estimate of drug-likeness (QED) is 0.652. The first-order valence-electron chi connectivity index (χ1n) is 6.07. The van der Waals surface area contributed by atoms with Crippen LogP contribution in [-0.4, -0.2) is 76.5 Å². The lowest BCUT2D eigenvalue weighted by atomic mass is 10.2. The van der Waals surface area contributed by atoms with E-state index in [0.29, 0.717) is 19.7 Å². The summed E-state index contributed by atoms with van der Waals surface area (Å²) in [7, 11) is 0. The molecule has 7 heteroatoms. The van der Waals surface area contributed by atoms with Gasteiger partial charge in [0.25, 0.3) is 0 Å². The summed E-state index contributed by atoms with van der Waals surface area (Å²) in [5, 5.41) is 18.6. The topological polar surface area (TPSA) is 90.3 Å². The summed E-state index contributed by atoms with van der Waals surface area (Å²) in [5.74, 6) is -1.07. The highest BCUT2D eigenvalue weighted by Gasteiger charge is 2.41. The van der Waals surface area contributed by atoms with Gasteiger partial charge in [0.1, 0.15) is 6.04 Å². The number of aliphatic hydroxyl groups excluding tert-OH is 1. The van der Waals surface area contributed by atoms with E-state index in [1.165, 1.54) is 4.90 Å². The number of carboxylic acids is 1. The van der Waals surface area contributed by atoms with Crippen LogP contribution in [0.25, 0.3) is 0 Å². The van der Waals surface area contributed by atoms with Crippen molar-refractivity contribution in [1.29, 1.82) is 0 Å². The largest absolute Gasteiger partial charge is 0.480 e. The third kappa shape index (κ3) is 2.56. The number of carbonyl (C=O) groups excluding carboxylic acids is 1. The van der Waals surface area contributed by atoms with Crippen LogP contribution in [0.1, 0.15) is 13.3 Å². The Kier molecular flexibility index (Phi) is 3.72. The molecule has 0 aromatic rings. The van der Waals surface area contributed by atoms with Gasteiger partial charge in [0.15, 0.2) is 0 Å². The number of urea groups is 1. The molecular weight excluding hydrogens is 240 g/mol. The number of morpholine rings is 1. The van der Waals surface area contributed by atoms with Gasteiger partial charge in [0.2, 0.25) is 0 Å². The Labute approximate surface area is 105 Å². The van der Waals surface area contributed by atoms with Crippen molar-refractivity contribution in [3.05, 3.63) is 0 Å². The fraction of sp³-hybridized carbons (Fsp3) is 0.818. The maximum absolute atomic E-state index is 12.2. The number of nitrogens with zero attached hydrogens (tertiary/aromatic N) is 2. The smallest absolute Gasteiger partial charge is 0.326 e. The highest BCUT2D eigenvalue weighted by molar-refractivity contribution is 5.83. The van der Waals surface area contributed by atoms with E-state index in [0.717, 1.165) is 0 Å². The fourth-order valence-electron chi connectivity index (χ4n) is 2.43. The number of rotatable bonds is 1. The molecule has 2 N–H and O–H groups in total. The van der Waals surface area contributed by atoms with E-state index in [1.54, 1.807) is 4.90 Å². The van der Waals surface area contributed by atoms with E-state index in [9.17, 15) is 14.7 Å². The van der Waals surface area contributed by atoms with Crippen LogP contribution >= 0.6 is 0 Å². The predicted octanol–water partition coefficient (Wildman–Crippen LogP) is -0.653. The average molecular weight is 258 g/mol. The Morgan fingerprint density at radius 2 is 2.06 bits per heavy atom. The summed E-state index contributed by atoms with van der Waals surface area (Å²) in [6, 6.07) is -1.25. The van der Waals surface area contributed by atoms with E-state index < -0.39 is 18.1 Å². The van der Waals surface area contributed by atoms with Crippen molar-refractivity contribution >= 4 is 12.0 Å². The van der Waals surface area contributed by atoms with Crippen molar-refractivity contribution in [2.45, 2.75) is 31.6 Å². The summed E-state index contributed by atoms with van der Waals surface area (Å²) >= 11 is 0. The lowest BCUT2D eigenvalue weighted by Crippen LogP contribution is -2.53. The number of carboxylic acid groups (broad SMARTS) is 1. The standard InChI is InChI=1S/C11H18N2O5/c1-7-5-12(2-3-18-7)11(17)13-6-8(14)4-9(13)10(15)16/h7-9,14H,2-6H2,1H3,(H,15,16)/t7?,8-,9-/m1/s1. The SMILES string of the molecule is CC1CN(C(=O)N2C[C@H](O)C[C@@H]2C(=O)O)CCO1. The molecule has 2 saturated heterocycles. The molecule has 0 aliphatic carbocycles. The molecule has 0 aromatic carbocycles. The average Bonchev–Trinajstić information content (AvgIpc) is 2.70. The fourth-order valence-corrected chi connectivity index (χ4v) is 2.43. The second-order valence-electron chi connectivity index (χ2n) is 4.81. The molecule has 0 saturated carbocycles. The van der Waals surface area contributed by atoms with Gasteiger partial charge in [-0.25, -0.2) is 9.59 Å². The highest BCUT2D eigenvalue weighted by Crippen LogP contribution is 2.21. The Balaban J connectivity index is 2.05. The number of aliphatic hydroxyl groups is 1. The van der Waals surface area contributed by atoms with Crippen LogP contribution in [0.3, 0.4) is 0 Å². The highest BCUT2D eigenvalue weighted by atomic mass is 16.5. The van der Waals surface area contributed by atoms with Gasteiger partial charge < -0.3 is 24.7 Å². The zero-order chi connectivity index (χ0) is 13.3. The van der Waals surface area contributed by atoms with Crippen molar-refractivity contribution in [3.63, 3.8) is 0 Å². The van der Waals surface area contributed by atoms with Crippen molar-refractivity contribution in [3.8, 4) is 0 Å². The summed E-state index contributed by atoms with van der Waals surface area (Å²) < 4.78 is 5.34. The van der Waals surface area contributed by atoms with Crippen LogP contribution in [0, 0.1) is 0 Å². The molecule has 18 heavy (non-hydrogen) atoms. The van der Waals surface area contributed by atoms with Crippen LogP contribution in [0.5, 0.6) is 0 Å². The molecule has 3 atom stereocenters. The Morgan fingerprint density at radius 1 is 1.33 bits per heavy atom. The van der Waals surface area contributed by atoms with E-state index in [1.807, 2.05) is 6.92 Å². The van der Waals surface area contributed by atoms with Gasteiger partial charge in [0.05, 0.1) is 18.8 Å². The molecule has 2 aliphatic heterocycles. The van der Waals surface area contributed by atoms with Crippen LogP contribution < -0.4 is 0 Å². The number of amides is 2. The van der Waals surface area contributed by atoms with E-state index in [2.05, 4.69) is 0 Å². The number of aliphatic carboxylic acids is 1. The molecule has 2 heterocycles. The van der Waals surface area contributed by atoms with Crippen molar-refractivity contribution < 1.29 is 24.5 Å². The monoisotopic (exact) mass is 258 g/mol. The number of ether oxygens (including phenoxy) is 1. The van der Waals surface area contributed by atoms with E-state index in [4.69, 9.17) is 9.84 Å². The zero-order valence-corrected chi connectivity index (χ0v) is 10.3. The molecule has 0 bridgehead atoms. The molecule has 2 fully saturated rings. The van der Waals surface area contributed by atoms with Gasteiger partial charge in [-0.3, -0.25) is 0 Å². The summed E-state index contributed by atoms with van der Waals surface area (Å²) in [4.78, 5) is 26.1. The molecular formula is C11H18N2O5. The maximum Gasteiger partial charge on any atom is 0.326 e. The van der Waals surface area contributed by atoms with Gasteiger partial charge >= 0.3 is 12.0 Å². The van der Waals surface area contributed by atoms with Gasteiger partial charge in [-0.05, 0) is 6.92 Å². The third-order valence-corrected chi connectivity index (χ3v) is 3.32. The van der Waals surface area contributed by atoms with E-state index in [-0.39, 0.29) is 25.1 Å². The number of β-amino-alcohol motifs (C(OH)–C–C–N with tert-alkyl or cyclic N) is 1. The first-order valence-corrected chi connectivity index (χ1v) is 6.07. The Hall–Kier alpha value is -1.34. The van der Waals surface area contributed by atoms with Gasteiger partial charge in [0, 0.05) is 26.1 Å². The Morgan fingerprint density at radius 3 is 2.67 bits per heavy atom. The van der Waals surface area contributed by atoms with Crippen LogP contribution in [0.4, 0.5) is 4.79 Å². The van der Waals surface area contributed by atoms with Gasteiger partial charge in [-0.15, -0.1) is 0 Å². The predicted molar refractivity (Wildman–Crippen MR) is 61.1 cm³/mol. The normalized spacial score (nSPS) is 32.7. The number of likely N-dealkylation sites (tertiary alicyclic amines) is 1. The lowest BCUT2D eigenvalue weighted by Gasteiger charge is -2.35. The first-order chi connectivity index (χ1) is 8.49. The van der Waals surface area contributed by atoms with Gasteiger partial charge in [-0.2, -0.15) is 0 Å². The van der Waals surface area contributed by atoms with Crippen molar-refractivity contribution in [2.24, 2.45) is 0 Å². The van der Waals surface area contributed by atoms with Crippen molar-refractivity contribution in [1.82, 2.24) is 9.80 Å². The summed E-state index contributed by atoms with van der Waals surface area (Å²) in [6.45, 7) is 3.33. The maximum atomic E-state index is 12.2. The molecule has 0 aromatic heterocycles. The molecule has 0 radical (unpaired) electrons. The van der Waals surface area contributed by atoms with Gasteiger partial charge in [-0.1, -0.05) is 0 Å². The second kappa shape index (κ2) is 5.11. The second-order valence-corrected chi connectivity index (χ2v) is 4.81. The minimum Gasteiger partial charge on any atom is -0.480 e. The third-order valence-electron chi connectivity index (χ3n) is 3.32. The summed E-state index contributed by atoms with van der Waals surface area (Å²) in [6.07, 6.45) is -0.701. The van der Waals surface area contributed by atoms with E-state index >= 15 is 0 Å². The number of hydrogen-bond donors (Lipinski definition) is 2. The molecule has 102 valence electrons. The molecule has 7 nitrogen and oxygen atoms in total. The Bertz CT molecular complexity index is 348. The molecule has 0 spiro atoms. The van der Waals surface area contributed by atoms with Crippen LogP contribution in [0.2, 0.25) is 0 Å². The molecule has 2 rings (SSSR count). The zero-order valence-electron chi connectivity index (χ0n) is 10.3. The molecule has 2 amide bonds. The summed E-state index contributed by atoms with van der Waals surface area (Å²) in [5.41, 5.74) is 0. The molecule has 1 unspecified atom stereocenters.